The maximum absolute atomic E-state index is 13.4. The Hall–Kier alpha value is -2.86. The number of piperidine rings is 1. The molecule has 1 amide bonds. The van der Waals surface area contributed by atoms with Crippen LogP contribution in [-0.2, 0) is 4.79 Å². The van der Waals surface area contributed by atoms with Gasteiger partial charge in [-0.3, -0.25) is 9.69 Å². The van der Waals surface area contributed by atoms with Crippen LogP contribution in [0.25, 0.3) is 5.57 Å². The molecule has 2 aromatic rings. The minimum Gasteiger partial charge on any atom is -0.382 e. The van der Waals surface area contributed by atoms with Crippen molar-refractivity contribution >= 4 is 28.5 Å². The number of hydrogen-bond acceptors (Lipinski definition) is 4. The van der Waals surface area contributed by atoms with E-state index in [1.165, 1.54) is 12.1 Å². The van der Waals surface area contributed by atoms with Gasteiger partial charge < -0.3 is 16.0 Å². The monoisotopic (exact) mass is 436 g/mol. The molecule has 0 saturated carbocycles. The number of carbonyl (C=O) groups is 1. The van der Waals surface area contributed by atoms with E-state index in [0.29, 0.717) is 22.9 Å². The molecule has 0 radical (unpaired) electrons. The number of hydrogen-bond donors (Lipinski definition) is 3. The Labute approximate surface area is 190 Å². The molecule has 170 valence electrons. The van der Waals surface area contributed by atoms with Crippen LogP contribution in [0.5, 0.6) is 0 Å². The quantitative estimate of drug-likeness (QED) is 0.546. The lowest BCUT2D eigenvalue weighted by atomic mass is 9.77. The molecule has 1 fully saturated rings. The third-order valence-electron chi connectivity index (χ3n) is 7.04. The summed E-state index contributed by atoms with van der Waals surface area (Å²) in [4.78, 5) is 14.8. The molecule has 5 nitrogen and oxygen atoms in total. The van der Waals surface area contributed by atoms with E-state index in [-0.39, 0.29) is 22.8 Å². The summed E-state index contributed by atoms with van der Waals surface area (Å²) < 4.78 is 13.4. The first kappa shape index (κ1) is 22.3. The van der Waals surface area contributed by atoms with Gasteiger partial charge in [-0.05, 0) is 96.5 Å². The van der Waals surface area contributed by atoms with Gasteiger partial charge in [-0.25, -0.2) is 4.39 Å². The topological polar surface area (TPSA) is 56.4 Å². The van der Waals surface area contributed by atoms with Gasteiger partial charge in [0.15, 0.2) is 0 Å². The van der Waals surface area contributed by atoms with Gasteiger partial charge in [-0.1, -0.05) is 0 Å². The van der Waals surface area contributed by atoms with E-state index in [1.807, 2.05) is 6.07 Å². The molecule has 2 aliphatic rings. The lowest BCUT2D eigenvalue weighted by Gasteiger charge is -2.54. The van der Waals surface area contributed by atoms with Crippen LogP contribution in [-0.4, -0.2) is 35.0 Å². The molecular weight excluding hydrogens is 403 g/mol. The number of likely N-dealkylation sites (tertiary alicyclic amines) is 1. The van der Waals surface area contributed by atoms with Crippen molar-refractivity contribution in [3.05, 3.63) is 59.5 Å². The summed E-state index contributed by atoms with van der Waals surface area (Å²) in [5, 5.41) is 9.69. The van der Waals surface area contributed by atoms with Crippen molar-refractivity contribution in [1.82, 2.24) is 4.90 Å². The second kappa shape index (κ2) is 7.93. The minimum atomic E-state index is -0.367. The average molecular weight is 437 g/mol. The number of rotatable bonds is 4. The highest BCUT2D eigenvalue weighted by Crippen LogP contribution is 2.38. The van der Waals surface area contributed by atoms with Crippen molar-refractivity contribution in [2.24, 2.45) is 0 Å². The summed E-state index contributed by atoms with van der Waals surface area (Å²) >= 11 is 0. The van der Waals surface area contributed by atoms with Crippen LogP contribution in [0.2, 0.25) is 0 Å². The van der Waals surface area contributed by atoms with Gasteiger partial charge in [0.25, 0.3) is 5.91 Å². The second-order valence-electron chi connectivity index (χ2n) is 10.3. The Morgan fingerprint density at radius 1 is 1.09 bits per heavy atom. The van der Waals surface area contributed by atoms with Crippen LogP contribution in [0.4, 0.5) is 21.5 Å². The summed E-state index contributed by atoms with van der Waals surface area (Å²) in [6.07, 6.45) is 3.84. The number of fused-ring (bicyclic) bond motifs is 1. The Kier molecular flexibility index (Phi) is 5.53. The molecule has 2 aliphatic heterocycles. The second-order valence-corrected chi connectivity index (χ2v) is 10.3. The van der Waals surface area contributed by atoms with E-state index in [0.717, 1.165) is 29.8 Å². The van der Waals surface area contributed by atoms with Crippen LogP contribution in [0, 0.1) is 12.7 Å². The molecule has 0 spiro atoms. The smallest absolute Gasteiger partial charge is 0.257 e. The molecule has 0 aromatic heterocycles. The number of aryl methyl sites for hydroxylation is 1. The van der Waals surface area contributed by atoms with Crippen molar-refractivity contribution in [1.29, 1.82) is 0 Å². The van der Waals surface area contributed by atoms with E-state index in [2.05, 4.69) is 74.6 Å². The third kappa shape index (κ3) is 4.24. The first-order valence-electron chi connectivity index (χ1n) is 11.2. The lowest BCUT2D eigenvalue weighted by Crippen LogP contribution is -2.61. The number of nitrogens with one attached hydrogen (secondary N) is 3. The Morgan fingerprint density at radius 3 is 2.44 bits per heavy atom. The molecule has 4 rings (SSSR count). The van der Waals surface area contributed by atoms with E-state index in [9.17, 15) is 9.18 Å². The van der Waals surface area contributed by atoms with Crippen molar-refractivity contribution in [2.45, 2.75) is 64.6 Å². The zero-order chi connectivity index (χ0) is 23.3. The molecule has 1 saturated heterocycles. The fourth-order valence-electron chi connectivity index (χ4n) is 5.07. The van der Waals surface area contributed by atoms with Crippen LogP contribution < -0.4 is 16.0 Å². The lowest BCUT2D eigenvalue weighted by molar-refractivity contribution is -0.110. The summed E-state index contributed by atoms with van der Waals surface area (Å²) in [7, 11) is 2.22. The number of anilines is 3. The number of carbonyl (C=O) groups excluding carboxylic acids is 1. The van der Waals surface area contributed by atoms with Gasteiger partial charge in [0.2, 0.25) is 0 Å². The number of halogens is 1. The predicted octanol–water partition coefficient (Wildman–Crippen LogP) is 5.60. The largest absolute Gasteiger partial charge is 0.382 e. The van der Waals surface area contributed by atoms with Gasteiger partial charge in [0, 0.05) is 40.3 Å². The van der Waals surface area contributed by atoms with Crippen molar-refractivity contribution in [2.75, 3.05) is 23.0 Å². The predicted molar refractivity (Wildman–Crippen MR) is 130 cm³/mol. The number of nitrogens with zero attached hydrogens (tertiary/aromatic N) is 1. The normalized spacial score (nSPS) is 21.3. The highest BCUT2D eigenvalue weighted by Gasteiger charge is 2.43. The number of amides is 1. The maximum Gasteiger partial charge on any atom is 0.257 e. The fourth-order valence-corrected chi connectivity index (χ4v) is 5.07. The van der Waals surface area contributed by atoms with Crippen LogP contribution in [0.1, 0.15) is 51.7 Å². The first-order valence-corrected chi connectivity index (χ1v) is 11.2. The standard InChI is InChI=1S/C26H33FN4O/c1-16-11-18(28-15-21-20-9-7-17(27)12-23(20)30-24(21)32)8-10-22(16)29-19-13-25(2,3)31(6)26(4,5)14-19/h7-12,15,19,28-29H,13-14H2,1-6H3,(H,30,32)/b21-15-. The Bertz CT molecular complexity index is 1070. The van der Waals surface area contributed by atoms with E-state index in [4.69, 9.17) is 0 Å². The van der Waals surface area contributed by atoms with E-state index >= 15 is 0 Å². The molecule has 3 N–H and O–H groups in total. The molecule has 32 heavy (non-hydrogen) atoms. The van der Waals surface area contributed by atoms with E-state index < -0.39 is 0 Å². The van der Waals surface area contributed by atoms with Crippen LogP contribution in [0.15, 0.2) is 42.6 Å². The summed E-state index contributed by atoms with van der Waals surface area (Å²) in [6.45, 7) is 11.3. The number of benzene rings is 2. The SMILES string of the molecule is Cc1cc(N/C=C2\C(=O)Nc3cc(F)ccc32)ccc1NC1CC(C)(C)N(C)C(C)(C)C1. The molecule has 0 aliphatic carbocycles. The van der Waals surface area contributed by atoms with Gasteiger partial charge in [0.1, 0.15) is 5.82 Å². The summed E-state index contributed by atoms with van der Waals surface area (Å²) in [6, 6.07) is 10.9. The average Bonchev–Trinajstić information content (AvgIpc) is 3.00. The van der Waals surface area contributed by atoms with Gasteiger partial charge in [0.05, 0.1) is 11.3 Å². The zero-order valence-electron chi connectivity index (χ0n) is 19.8. The molecule has 0 atom stereocenters. The summed E-state index contributed by atoms with van der Waals surface area (Å²) in [5.41, 5.74) is 5.12. The Morgan fingerprint density at radius 2 is 1.78 bits per heavy atom. The van der Waals surface area contributed by atoms with E-state index in [1.54, 1.807) is 12.3 Å². The Balaban J connectivity index is 1.48. The molecule has 2 aromatic carbocycles. The highest BCUT2D eigenvalue weighted by molar-refractivity contribution is 6.31. The minimum absolute atomic E-state index is 0.127. The van der Waals surface area contributed by atoms with Crippen LogP contribution >= 0.6 is 0 Å². The van der Waals surface area contributed by atoms with Crippen molar-refractivity contribution in [3.63, 3.8) is 0 Å². The maximum atomic E-state index is 13.4. The third-order valence-corrected chi connectivity index (χ3v) is 7.04. The first-order chi connectivity index (χ1) is 15.0. The zero-order valence-corrected chi connectivity index (χ0v) is 19.8. The van der Waals surface area contributed by atoms with Gasteiger partial charge >= 0.3 is 0 Å². The molecule has 0 bridgehead atoms. The van der Waals surface area contributed by atoms with Gasteiger partial charge in [-0.15, -0.1) is 0 Å². The molecule has 0 unspecified atom stereocenters. The summed E-state index contributed by atoms with van der Waals surface area (Å²) in [5.74, 6) is -0.603. The molecule has 2 heterocycles. The van der Waals surface area contributed by atoms with Crippen molar-refractivity contribution < 1.29 is 9.18 Å². The molecule has 6 heteroatoms. The molecular formula is C26H33FN4O. The fraction of sp³-hybridized carbons (Fsp3) is 0.423. The van der Waals surface area contributed by atoms with Gasteiger partial charge in [-0.2, -0.15) is 0 Å². The van der Waals surface area contributed by atoms with Crippen molar-refractivity contribution in [3.8, 4) is 0 Å². The van der Waals surface area contributed by atoms with Crippen LogP contribution in [0.3, 0.4) is 0 Å². The highest BCUT2D eigenvalue weighted by atomic mass is 19.1.